The molecule has 0 spiro atoms. The van der Waals surface area contributed by atoms with Crippen molar-refractivity contribution in [2.75, 3.05) is 0 Å². The van der Waals surface area contributed by atoms with Gasteiger partial charge in [-0.25, -0.2) is 0 Å². The zero-order valence-electron chi connectivity index (χ0n) is 10.7. The van der Waals surface area contributed by atoms with Gasteiger partial charge in [-0.2, -0.15) is 0 Å². The molecule has 0 rings (SSSR count). The van der Waals surface area contributed by atoms with Gasteiger partial charge >= 0.3 is 11.9 Å². The summed E-state index contributed by atoms with van der Waals surface area (Å²) in [6, 6.07) is 0. The second kappa shape index (κ2) is 5.47. The third-order valence-electron chi connectivity index (χ3n) is 2.94. The van der Waals surface area contributed by atoms with E-state index >= 15 is 0 Å². The van der Waals surface area contributed by atoms with Gasteiger partial charge in [0.2, 0.25) is 0 Å². The minimum absolute atomic E-state index is 0.0638. The number of hydrogen-bond acceptors (Lipinski definition) is 2. The summed E-state index contributed by atoms with van der Waals surface area (Å²) < 4.78 is 0. The molecule has 4 nitrogen and oxygen atoms in total. The van der Waals surface area contributed by atoms with E-state index in [1.165, 1.54) is 0 Å². The van der Waals surface area contributed by atoms with Crippen molar-refractivity contribution in [3.05, 3.63) is 0 Å². The molecule has 0 aromatic rings. The smallest absolute Gasteiger partial charge is 0.303 e. The van der Waals surface area contributed by atoms with Crippen molar-refractivity contribution in [3.63, 3.8) is 0 Å². The van der Waals surface area contributed by atoms with E-state index in [9.17, 15) is 14.7 Å². The van der Waals surface area contributed by atoms with Crippen molar-refractivity contribution in [1.82, 2.24) is 0 Å². The van der Waals surface area contributed by atoms with Crippen LogP contribution in [0.4, 0.5) is 0 Å². The van der Waals surface area contributed by atoms with Gasteiger partial charge in [-0.05, 0) is 11.3 Å². The molecule has 94 valence electrons. The van der Waals surface area contributed by atoms with Crippen molar-refractivity contribution in [2.24, 2.45) is 11.3 Å². The Morgan fingerprint density at radius 1 is 1.19 bits per heavy atom. The molecule has 0 heterocycles. The van der Waals surface area contributed by atoms with Crippen LogP contribution in [0.3, 0.4) is 0 Å². The quantitative estimate of drug-likeness (QED) is 0.728. The van der Waals surface area contributed by atoms with Crippen LogP contribution in [-0.2, 0) is 9.59 Å². The van der Waals surface area contributed by atoms with Crippen LogP contribution in [0, 0.1) is 11.3 Å². The lowest BCUT2D eigenvalue weighted by Crippen LogP contribution is -2.37. The Hall–Kier alpha value is -0.843. The Morgan fingerprint density at radius 3 is 1.81 bits per heavy atom. The lowest BCUT2D eigenvalue weighted by molar-refractivity contribution is -0.142. The minimum atomic E-state index is -1.42. The zero-order valence-corrected chi connectivity index (χ0v) is 11.8. The molecule has 5 heteroatoms. The van der Waals surface area contributed by atoms with Crippen molar-refractivity contribution in [3.8, 4) is 0 Å². The molecule has 0 aromatic carbocycles. The first-order valence-corrected chi connectivity index (χ1v) is 8.49. The Bertz CT molecular complexity index is 268. The van der Waals surface area contributed by atoms with E-state index in [0.29, 0.717) is 0 Å². The van der Waals surface area contributed by atoms with Crippen LogP contribution in [-0.4, -0.2) is 30.9 Å². The summed E-state index contributed by atoms with van der Waals surface area (Å²) in [5.74, 6) is -2.06. The molecule has 0 radical (unpaired) electrons. The number of carbonyl (C=O) groups is 2. The largest absolute Gasteiger partial charge is 0.481 e. The van der Waals surface area contributed by atoms with Gasteiger partial charge in [0, 0.05) is 15.2 Å². The maximum Gasteiger partial charge on any atom is 0.303 e. The van der Waals surface area contributed by atoms with Crippen LogP contribution < -0.4 is 0 Å². The minimum Gasteiger partial charge on any atom is -0.481 e. The second-order valence-corrected chi connectivity index (χ2v) is 8.88. The van der Waals surface area contributed by atoms with Gasteiger partial charge in [-0.15, -0.1) is 0 Å². The third-order valence-corrected chi connectivity index (χ3v) is 5.13. The highest BCUT2D eigenvalue weighted by molar-refractivity contribution is 6.61. The fraction of sp³-hybridized carbons (Fsp3) is 0.818. The molecule has 0 aliphatic carbocycles. The summed E-state index contributed by atoms with van der Waals surface area (Å²) in [6.07, 6.45) is -0.0638. The summed E-state index contributed by atoms with van der Waals surface area (Å²) in [5, 5.41) is 18.1. The standard InChI is InChI=1S/C11H22O4Si/c1-11(2,3)7(6-8(12)13)9(10(14)15)16(4)5/h7,9,16H,6H2,1-5H3,(H,12,13)(H,14,15). The number of carboxylic acids is 2. The van der Waals surface area contributed by atoms with E-state index < -0.39 is 26.3 Å². The first-order chi connectivity index (χ1) is 7.07. The van der Waals surface area contributed by atoms with E-state index in [1.54, 1.807) is 0 Å². The molecule has 0 fully saturated rings. The van der Waals surface area contributed by atoms with Crippen LogP contribution in [0.15, 0.2) is 0 Å². The van der Waals surface area contributed by atoms with E-state index in [0.717, 1.165) is 0 Å². The van der Waals surface area contributed by atoms with Crippen molar-refractivity contribution in [2.45, 2.75) is 45.8 Å². The van der Waals surface area contributed by atoms with Crippen LogP contribution >= 0.6 is 0 Å². The highest BCUT2D eigenvalue weighted by Crippen LogP contribution is 2.39. The first kappa shape index (κ1) is 15.2. The second-order valence-electron chi connectivity index (χ2n) is 5.68. The zero-order chi connectivity index (χ0) is 13.1. The molecule has 0 aliphatic rings. The van der Waals surface area contributed by atoms with Gasteiger partial charge in [0.25, 0.3) is 0 Å². The Kier molecular flexibility index (Phi) is 5.19. The predicted octanol–water partition coefficient (Wildman–Crippen LogP) is 2.06. The van der Waals surface area contributed by atoms with Gasteiger partial charge in [-0.1, -0.05) is 33.9 Å². The highest BCUT2D eigenvalue weighted by atomic mass is 28.3. The topological polar surface area (TPSA) is 74.6 Å². The number of carboxylic acid groups (broad SMARTS) is 2. The molecular formula is C11H22O4Si. The van der Waals surface area contributed by atoms with Gasteiger partial charge in [0.15, 0.2) is 0 Å². The Morgan fingerprint density at radius 2 is 1.62 bits per heavy atom. The van der Waals surface area contributed by atoms with E-state index in [2.05, 4.69) is 0 Å². The number of aliphatic carboxylic acids is 2. The van der Waals surface area contributed by atoms with E-state index in [1.807, 2.05) is 33.9 Å². The monoisotopic (exact) mass is 246 g/mol. The highest BCUT2D eigenvalue weighted by Gasteiger charge is 2.39. The van der Waals surface area contributed by atoms with Crippen molar-refractivity contribution in [1.29, 1.82) is 0 Å². The summed E-state index contributed by atoms with van der Waals surface area (Å²) in [7, 11) is -1.42. The van der Waals surface area contributed by atoms with Crippen molar-refractivity contribution < 1.29 is 19.8 Å². The summed E-state index contributed by atoms with van der Waals surface area (Å²) in [5.41, 5.74) is -0.769. The lowest BCUT2D eigenvalue weighted by Gasteiger charge is -2.35. The number of rotatable bonds is 5. The first-order valence-electron chi connectivity index (χ1n) is 5.52. The van der Waals surface area contributed by atoms with Gasteiger partial charge in [0.1, 0.15) is 0 Å². The molecule has 2 atom stereocenters. The lowest BCUT2D eigenvalue weighted by atomic mass is 9.76. The van der Waals surface area contributed by atoms with Gasteiger partial charge < -0.3 is 10.2 Å². The van der Waals surface area contributed by atoms with Crippen LogP contribution in [0.5, 0.6) is 0 Å². The van der Waals surface area contributed by atoms with E-state index in [-0.39, 0.29) is 17.8 Å². The summed E-state index contributed by atoms with van der Waals surface area (Å²) >= 11 is 0. The normalized spacial score (nSPS) is 15.9. The SMILES string of the molecule is C[SiH](C)C(C(=O)O)C(CC(=O)O)C(C)(C)C. The Labute approximate surface area is 98.3 Å². The summed E-state index contributed by atoms with van der Waals surface area (Å²) in [4.78, 5) is 22.1. The molecule has 0 amide bonds. The maximum absolute atomic E-state index is 11.3. The average molecular weight is 246 g/mol. The fourth-order valence-electron chi connectivity index (χ4n) is 2.08. The fourth-order valence-corrected chi connectivity index (χ4v) is 4.29. The molecule has 0 aliphatic heterocycles. The van der Waals surface area contributed by atoms with Gasteiger partial charge in [0.05, 0.1) is 5.54 Å². The summed E-state index contributed by atoms with van der Waals surface area (Å²) in [6.45, 7) is 9.65. The molecule has 0 bridgehead atoms. The van der Waals surface area contributed by atoms with E-state index in [4.69, 9.17) is 5.11 Å². The molecule has 16 heavy (non-hydrogen) atoms. The predicted molar refractivity (Wildman–Crippen MR) is 65.5 cm³/mol. The van der Waals surface area contributed by atoms with Gasteiger partial charge in [-0.3, -0.25) is 9.59 Å². The molecular weight excluding hydrogens is 224 g/mol. The maximum atomic E-state index is 11.3. The molecule has 0 saturated carbocycles. The number of hydrogen-bond donors (Lipinski definition) is 2. The van der Waals surface area contributed by atoms with Crippen LogP contribution in [0.25, 0.3) is 0 Å². The molecule has 2 N–H and O–H groups in total. The van der Waals surface area contributed by atoms with Crippen molar-refractivity contribution >= 4 is 20.7 Å². The van der Waals surface area contributed by atoms with Crippen LogP contribution in [0.1, 0.15) is 27.2 Å². The molecule has 2 unspecified atom stereocenters. The average Bonchev–Trinajstić information content (AvgIpc) is 1.98. The van der Waals surface area contributed by atoms with Crippen LogP contribution in [0.2, 0.25) is 18.6 Å². The Balaban J connectivity index is 5.13. The molecule has 0 aromatic heterocycles. The third kappa shape index (κ3) is 4.34. The molecule has 0 saturated heterocycles.